The predicted octanol–water partition coefficient (Wildman–Crippen LogP) is 2.41. The van der Waals surface area contributed by atoms with E-state index in [1.54, 1.807) is 0 Å². The Bertz CT molecular complexity index is 143. The van der Waals surface area contributed by atoms with Gasteiger partial charge >= 0.3 is 0 Å². The van der Waals surface area contributed by atoms with E-state index in [1.165, 1.54) is 38.5 Å². The third-order valence-corrected chi connectivity index (χ3v) is 3.42. The summed E-state index contributed by atoms with van der Waals surface area (Å²) >= 11 is 0. The molecule has 1 atom stereocenters. The Morgan fingerprint density at radius 3 is 2.50 bits per heavy atom. The van der Waals surface area contributed by atoms with Gasteiger partial charge < -0.3 is 5.11 Å². The number of nitrogens with zero attached hydrogens (tertiary/aromatic N) is 1. The molecule has 0 aliphatic heterocycles. The summed E-state index contributed by atoms with van der Waals surface area (Å²) in [5.74, 6) is 0. The monoisotopic (exact) mass is 199 g/mol. The standard InChI is InChI=1S/C12H25NO/c1-3-6-11(2)13(9-10-14)12-7-4-5-8-12/h11-12,14H,3-10H2,1-2H3. The van der Waals surface area contributed by atoms with Gasteiger partial charge in [-0.25, -0.2) is 0 Å². The largest absolute Gasteiger partial charge is 0.395 e. The van der Waals surface area contributed by atoms with E-state index in [0.717, 1.165) is 12.6 Å². The lowest BCUT2D eigenvalue weighted by Crippen LogP contribution is -2.42. The molecule has 1 saturated carbocycles. The molecule has 0 heterocycles. The number of rotatable bonds is 6. The lowest BCUT2D eigenvalue weighted by atomic mass is 10.1. The van der Waals surface area contributed by atoms with Crippen LogP contribution in [0.5, 0.6) is 0 Å². The van der Waals surface area contributed by atoms with Crippen LogP contribution in [0.3, 0.4) is 0 Å². The number of aliphatic hydroxyl groups excluding tert-OH is 1. The Kier molecular flexibility index (Phi) is 5.49. The molecule has 0 aromatic rings. The van der Waals surface area contributed by atoms with E-state index in [1.807, 2.05) is 0 Å². The van der Waals surface area contributed by atoms with Gasteiger partial charge in [0.05, 0.1) is 6.61 Å². The molecule has 1 aliphatic carbocycles. The molecule has 0 aromatic carbocycles. The van der Waals surface area contributed by atoms with E-state index in [-0.39, 0.29) is 0 Å². The fraction of sp³-hybridized carbons (Fsp3) is 1.00. The van der Waals surface area contributed by atoms with Crippen LogP contribution in [0.2, 0.25) is 0 Å². The minimum Gasteiger partial charge on any atom is -0.395 e. The molecule has 0 bridgehead atoms. The highest BCUT2D eigenvalue weighted by Gasteiger charge is 2.25. The second kappa shape index (κ2) is 6.41. The van der Waals surface area contributed by atoms with Crippen LogP contribution in [0.4, 0.5) is 0 Å². The average molecular weight is 199 g/mol. The van der Waals surface area contributed by atoms with Crippen molar-refractivity contribution in [3.8, 4) is 0 Å². The topological polar surface area (TPSA) is 23.5 Å². The summed E-state index contributed by atoms with van der Waals surface area (Å²) < 4.78 is 0. The SMILES string of the molecule is CCCC(C)N(CCO)C1CCCC1. The highest BCUT2D eigenvalue weighted by atomic mass is 16.3. The van der Waals surface area contributed by atoms with Gasteiger partial charge in [-0.2, -0.15) is 0 Å². The third kappa shape index (κ3) is 3.25. The fourth-order valence-corrected chi connectivity index (χ4v) is 2.70. The maximum absolute atomic E-state index is 9.07. The lowest BCUT2D eigenvalue weighted by Gasteiger charge is -2.33. The molecule has 1 N–H and O–H groups in total. The molecule has 1 aliphatic rings. The van der Waals surface area contributed by atoms with Gasteiger partial charge in [-0.15, -0.1) is 0 Å². The first-order valence-electron chi connectivity index (χ1n) is 6.16. The molecule has 0 saturated heterocycles. The first-order chi connectivity index (χ1) is 6.79. The lowest BCUT2D eigenvalue weighted by molar-refractivity contribution is 0.107. The summed E-state index contributed by atoms with van der Waals surface area (Å²) in [7, 11) is 0. The minimum absolute atomic E-state index is 0.310. The van der Waals surface area contributed by atoms with E-state index in [9.17, 15) is 0 Å². The quantitative estimate of drug-likeness (QED) is 0.710. The van der Waals surface area contributed by atoms with Gasteiger partial charge in [0, 0.05) is 18.6 Å². The van der Waals surface area contributed by atoms with Crippen molar-refractivity contribution in [1.82, 2.24) is 4.90 Å². The maximum atomic E-state index is 9.07. The molecular weight excluding hydrogens is 174 g/mol. The Balaban J connectivity index is 2.43. The van der Waals surface area contributed by atoms with Crippen LogP contribution < -0.4 is 0 Å². The van der Waals surface area contributed by atoms with Gasteiger partial charge in [-0.05, 0) is 26.2 Å². The minimum atomic E-state index is 0.310. The van der Waals surface area contributed by atoms with Gasteiger partial charge in [-0.1, -0.05) is 26.2 Å². The molecule has 0 amide bonds. The van der Waals surface area contributed by atoms with Crippen molar-refractivity contribution in [3.63, 3.8) is 0 Å². The Hall–Kier alpha value is -0.0800. The summed E-state index contributed by atoms with van der Waals surface area (Å²) in [6, 6.07) is 1.40. The summed E-state index contributed by atoms with van der Waals surface area (Å²) in [5.41, 5.74) is 0. The smallest absolute Gasteiger partial charge is 0.0558 e. The predicted molar refractivity (Wildman–Crippen MR) is 60.4 cm³/mol. The van der Waals surface area contributed by atoms with Crippen molar-refractivity contribution in [2.75, 3.05) is 13.2 Å². The summed E-state index contributed by atoms with van der Waals surface area (Å²) in [5, 5.41) is 9.07. The van der Waals surface area contributed by atoms with E-state index in [0.29, 0.717) is 12.6 Å². The van der Waals surface area contributed by atoms with Gasteiger partial charge in [0.25, 0.3) is 0 Å². The highest BCUT2D eigenvalue weighted by molar-refractivity contribution is 4.80. The maximum Gasteiger partial charge on any atom is 0.0558 e. The van der Waals surface area contributed by atoms with Crippen LogP contribution >= 0.6 is 0 Å². The molecule has 0 radical (unpaired) electrons. The number of aliphatic hydroxyl groups is 1. The van der Waals surface area contributed by atoms with Crippen molar-refractivity contribution in [1.29, 1.82) is 0 Å². The van der Waals surface area contributed by atoms with E-state index < -0.39 is 0 Å². The first kappa shape index (κ1) is 12.0. The van der Waals surface area contributed by atoms with Crippen LogP contribution in [0.25, 0.3) is 0 Å². The van der Waals surface area contributed by atoms with Crippen molar-refractivity contribution in [2.24, 2.45) is 0 Å². The van der Waals surface area contributed by atoms with Crippen molar-refractivity contribution in [3.05, 3.63) is 0 Å². The first-order valence-corrected chi connectivity index (χ1v) is 6.16. The van der Waals surface area contributed by atoms with Crippen molar-refractivity contribution < 1.29 is 5.11 Å². The summed E-state index contributed by atoms with van der Waals surface area (Å²) in [4.78, 5) is 2.52. The second-order valence-corrected chi connectivity index (χ2v) is 4.54. The molecule has 84 valence electrons. The van der Waals surface area contributed by atoms with Crippen LogP contribution in [0, 0.1) is 0 Å². The van der Waals surface area contributed by atoms with E-state index in [2.05, 4.69) is 18.7 Å². The van der Waals surface area contributed by atoms with Crippen molar-refractivity contribution >= 4 is 0 Å². The van der Waals surface area contributed by atoms with Crippen LogP contribution in [0.1, 0.15) is 52.4 Å². The molecule has 1 fully saturated rings. The van der Waals surface area contributed by atoms with Crippen molar-refractivity contribution in [2.45, 2.75) is 64.5 Å². The molecule has 2 nitrogen and oxygen atoms in total. The summed E-state index contributed by atoms with van der Waals surface area (Å²) in [6.07, 6.45) is 7.95. The number of hydrogen-bond donors (Lipinski definition) is 1. The Labute approximate surface area is 88.3 Å². The Morgan fingerprint density at radius 1 is 1.36 bits per heavy atom. The molecule has 2 heteroatoms. The average Bonchev–Trinajstić information content (AvgIpc) is 2.67. The van der Waals surface area contributed by atoms with Crippen LogP contribution in [-0.2, 0) is 0 Å². The molecule has 0 spiro atoms. The molecule has 1 rings (SSSR count). The van der Waals surface area contributed by atoms with Gasteiger partial charge in [-0.3, -0.25) is 4.90 Å². The normalized spacial score (nSPS) is 20.6. The second-order valence-electron chi connectivity index (χ2n) is 4.54. The zero-order valence-corrected chi connectivity index (χ0v) is 9.71. The van der Waals surface area contributed by atoms with Crippen LogP contribution in [-0.4, -0.2) is 35.2 Å². The van der Waals surface area contributed by atoms with E-state index >= 15 is 0 Å². The zero-order valence-electron chi connectivity index (χ0n) is 9.71. The number of hydrogen-bond acceptors (Lipinski definition) is 2. The summed E-state index contributed by atoms with van der Waals surface area (Å²) in [6.45, 7) is 5.72. The zero-order chi connectivity index (χ0) is 10.4. The van der Waals surface area contributed by atoms with Gasteiger partial charge in [0.1, 0.15) is 0 Å². The molecule has 14 heavy (non-hydrogen) atoms. The molecular formula is C12H25NO. The molecule has 1 unspecified atom stereocenters. The highest BCUT2D eigenvalue weighted by Crippen LogP contribution is 2.25. The van der Waals surface area contributed by atoms with E-state index in [4.69, 9.17) is 5.11 Å². The Morgan fingerprint density at radius 2 is 2.00 bits per heavy atom. The molecule has 0 aromatic heterocycles. The van der Waals surface area contributed by atoms with Gasteiger partial charge in [0.2, 0.25) is 0 Å². The fourth-order valence-electron chi connectivity index (χ4n) is 2.70. The van der Waals surface area contributed by atoms with Crippen LogP contribution in [0.15, 0.2) is 0 Å². The third-order valence-electron chi connectivity index (χ3n) is 3.42. The van der Waals surface area contributed by atoms with Gasteiger partial charge in [0.15, 0.2) is 0 Å².